The van der Waals surface area contributed by atoms with Crippen LogP contribution in [0, 0.1) is 6.67 Å². The summed E-state index contributed by atoms with van der Waals surface area (Å²) in [6.45, 7) is 13.4. The Balaban J connectivity index is 0.000000162. The molecule has 3 saturated carbocycles. The van der Waals surface area contributed by atoms with E-state index in [9.17, 15) is 0 Å². The summed E-state index contributed by atoms with van der Waals surface area (Å²) in [5, 5.41) is 0. The van der Waals surface area contributed by atoms with E-state index < -0.39 is 13.5 Å². The second-order valence-electron chi connectivity index (χ2n) is 16.2. The fourth-order valence-corrected chi connectivity index (χ4v) is 16.3. The standard InChI is InChI=1S/C21H27N2.C18H33P.C7H6.2ClH.Ru/c1-16(2)18-9-5-7-11-20(18)22-13-14-23(15-22)21-12-8-6-10-19(21)17(3)4;1-4-10-16(11-5-1)19(17-12-6-2-7-13-17)18-14-8-3-9-15-18;1-7-5-3-2-4-6-7;;;/h5-12,15-17H,13-14H2,1-4H3;16-18H,1-15H2;1-6H;2*1H;/q-1;;;;;+2/p-1. The third kappa shape index (κ3) is 12.7. The quantitative estimate of drug-likeness (QED) is 0.127. The molecule has 0 radical (unpaired) electrons. The van der Waals surface area contributed by atoms with Gasteiger partial charge >= 0.3 is 73.4 Å². The van der Waals surface area contributed by atoms with Crippen molar-refractivity contribution in [1.29, 1.82) is 0 Å². The van der Waals surface area contributed by atoms with E-state index >= 15 is 0 Å². The van der Waals surface area contributed by atoms with Crippen LogP contribution in [0.15, 0.2) is 78.9 Å². The number of benzene rings is 3. The Hall–Kier alpha value is -1.24. The molecule has 0 unspecified atom stereocenters. The topological polar surface area (TPSA) is 6.48 Å². The average Bonchev–Trinajstić information content (AvgIpc) is 3.67. The fourth-order valence-electron chi connectivity index (χ4n) is 9.26. The van der Waals surface area contributed by atoms with E-state index in [0.29, 0.717) is 11.8 Å². The molecule has 4 fully saturated rings. The maximum absolute atomic E-state index is 5.67. The van der Waals surface area contributed by atoms with Crippen LogP contribution in [0.25, 0.3) is 0 Å². The number of nitrogens with zero attached hydrogens (tertiary/aromatic N) is 2. The first kappa shape index (κ1) is 41.9. The Bertz CT molecular complexity index is 1370. The number of hydrogen-bond acceptors (Lipinski definition) is 2. The van der Waals surface area contributed by atoms with Crippen molar-refractivity contribution in [3.05, 3.63) is 102 Å². The molecule has 7 rings (SSSR count). The van der Waals surface area contributed by atoms with Crippen molar-refractivity contribution < 1.29 is 13.5 Å². The van der Waals surface area contributed by atoms with Gasteiger partial charge in [-0.2, -0.15) is 6.67 Å². The van der Waals surface area contributed by atoms with Crippen LogP contribution in [0.1, 0.15) is 153 Å². The number of para-hydroxylation sites is 2. The van der Waals surface area contributed by atoms with E-state index in [4.69, 9.17) is 19.4 Å². The van der Waals surface area contributed by atoms with Crippen LogP contribution >= 0.6 is 27.3 Å². The molecule has 0 bridgehead atoms. The van der Waals surface area contributed by atoms with E-state index in [1.165, 1.54) is 39.5 Å². The number of anilines is 2. The summed E-state index contributed by atoms with van der Waals surface area (Å²) in [6.07, 6.45) is 23.8. The second kappa shape index (κ2) is 22.3. The predicted molar refractivity (Wildman–Crippen MR) is 232 cm³/mol. The summed E-state index contributed by atoms with van der Waals surface area (Å²) in [4.78, 5) is 4.79. The summed E-state index contributed by atoms with van der Waals surface area (Å²) >= 11 is -1.61. The van der Waals surface area contributed by atoms with Gasteiger partial charge in [0.1, 0.15) is 0 Å². The van der Waals surface area contributed by atoms with Crippen LogP contribution in [0.5, 0.6) is 0 Å². The third-order valence-corrected chi connectivity index (χ3v) is 18.3. The van der Waals surface area contributed by atoms with Crippen LogP contribution < -0.4 is 9.80 Å². The van der Waals surface area contributed by atoms with Crippen molar-refractivity contribution >= 4 is 43.3 Å². The molecule has 52 heavy (non-hydrogen) atoms. The number of halogens is 2. The van der Waals surface area contributed by atoms with Gasteiger partial charge < -0.3 is 9.80 Å². The monoisotopic (exact) mass is 850 g/mol. The molecule has 6 heteroatoms. The molecule has 0 amide bonds. The molecule has 4 aliphatic rings. The minimum absolute atomic E-state index is 0.0465. The van der Waals surface area contributed by atoms with Crippen LogP contribution in [0.3, 0.4) is 0 Å². The van der Waals surface area contributed by atoms with Gasteiger partial charge in [0, 0.05) is 32.4 Å². The molecule has 0 atom stereocenters. The predicted octanol–water partition coefficient (Wildman–Crippen LogP) is 14.3. The van der Waals surface area contributed by atoms with Crippen molar-refractivity contribution in [3.8, 4) is 0 Å². The van der Waals surface area contributed by atoms with Crippen molar-refractivity contribution in [3.63, 3.8) is 0 Å². The minimum atomic E-state index is -1.61. The van der Waals surface area contributed by atoms with Crippen LogP contribution in [0.2, 0.25) is 0 Å². The van der Waals surface area contributed by atoms with Gasteiger partial charge in [0.15, 0.2) is 0 Å². The van der Waals surface area contributed by atoms with Gasteiger partial charge in [0.25, 0.3) is 0 Å². The first-order valence-electron chi connectivity index (χ1n) is 20.6. The molecule has 2 nitrogen and oxygen atoms in total. The van der Waals surface area contributed by atoms with E-state index in [-0.39, 0.29) is 7.92 Å². The van der Waals surface area contributed by atoms with Crippen molar-refractivity contribution in [2.24, 2.45) is 0 Å². The molecule has 0 spiro atoms. The van der Waals surface area contributed by atoms with Gasteiger partial charge in [-0.05, 0) is 112 Å². The first-order chi connectivity index (χ1) is 25.3. The number of rotatable bonds is 8. The molecule has 1 saturated heterocycles. The van der Waals surface area contributed by atoms with E-state index in [1.54, 1.807) is 96.3 Å². The third-order valence-electron chi connectivity index (χ3n) is 11.8. The van der Waals surface area contributed by atoms with Crippen LogP contribution in [-0.2, 0) is 13.5 Å². The van der Waals surface area contributed by atoms with Gasteiger partial charge in [-0.25, -0.2) is 0 Å². The Morgan fingerprint density at radius 2 is 0.923 bits per heavy atom. The zero-order valence-corrected chi connectivity index (χ0v) is 36.8. The fraction of sp³-hybridized carbons (Fsp3) is 0.565. The molecule has 288 valence electrons. The van der Waals surface area contributed by atoms with Crippen LogP contribution in [-0.4, -0.2) is 34.7 Å². The Morgan fingerprint density at radius 1 is 0.558 bits per heavy atom. The Kier molecular flexibility index (Phi) is 18.0. The average molecular weight is 851 g/mol. The second-order valence-corrected chi connectivity index (χ2v) is 25.3. The molecule has 1 heterocycles. The molecule has 3 aromatic carbocycles. The summed E-state index contributed by atoms with van der Waals surface area (Å²) in [7, 11) is 11.3. The molecule has 3 aliphatic carbocycles. The van der Waals surface area contributed by atoms with E-state index in [0.717, 1.165) is 18.7 Å². The van der Waals surface area contributed by atoms with Gasteiger partial charge in [0.2, 0.25) is 0 Å². The van der Waals surface area contributed by atoms with Crippen LogP contribution in [0.4, 0.5) is 11.4 Å². The first-order valence-corrected chi connectivity index (χ1v) is 27.8. The molecular formula is C46H67Cl2N2PRu. The van der Waals surface area contributed by atoms with E-state index in [1.807, 2.05) is 34.9 Å². The van der Waals surface area contributed by atoms with Crippen molar-refractivity contribution in [1.82, 2.24) is 0 Å². The molecule has 1 aliphatic heterocycles. The SMILES string of the molecule is C1CCC([PH+](C2CCCCC2)C2CCCCC2)CC1.CC(C)c1ccccc1N1[CH-]N(c2ccccc2C(C)C)CC1.[Cl][Ru]([Cl])=[CH]c1ccccc1. The molecule has 3 aromatic rings. The maximum atomic E-state index is 5.67. The summed E-state index contributed by atoms with van der Waals surface area (Å²) < 4.78 is 1.92. The Labute approximate surface area is 332 Å². The molecule has 0 aromatic heterocycles. The Morgan fingerprint density at radius 3 is 1.29 bits per heavy atom. The molecule has 0 N–H and O–H groups in total. The number of hydrogen-bond donors (Lipinski definition) is 0. The van der Waals surface area contributed by atoms with Crippen molar-refractivity contribution in [2.45, 2.75) is 153 Å². The van der Waals surface area contributed by atoms with Gasteiger partial charge in [-0.15, -0.1) is 0 Å². The normalized spacial score (nSPS) is 19.3. The summed E-state index contributed by atoms with van der Waals surface area (Å²) in [6, 6.07) is 27.4. The summed E-state index contributed by atoms with van der Waals surface area (Å²) in [5.41, 5.74) is 10.3. The van der Waals surface area contributed by atoms with Gasteiger partial charge in [0.05, 0.1) is 17.0 Å². The zero-order chi connectivity index (χ0) is 36.7. The summed E-state index contributed by atoms with van der Waals surface area (Å²) in [5.74, 6) is 1.08. The van der Waals surface area contributed by atoms with E-state index in [2.05, 4.69) is 92.7 Å². The van der Waals surface area contributed by atoms with Crippen molar-refractivity contribution in [2.75, 3.05) is 22.9 Å². The van der Waals surface area contributed by atoms with Gasteiger partial charge in [-0.1, -0.05) is 83.4 Å². The molecular weight excluding hydrogens is 783 g/mol. The van der Waals surface area contributed by atoms with Gasteiger partial charge in [-0.3, -0.25) is 0 Å². The zero-order valence-electron chi connectivity index (χ0n) is 32.6.